The quantitative estimate of drug-likeness (QED) is 0.895. The second-order valence-electron chi connectivity index (χ2n) is 4.25. The van der Waals surface area contributed by atoms with Crippen LogP contribution in [-0.2, 0) is 6.54 Å². The van der Waals surface area contributed by atoms with Gasteiger partial charge in [0.05, 0.1) is 5.56 Å². The monoisotopic (exact) mass is 251 g/mol. The number of nitrogens with zero attached hydrogens (tertiary/aromatic N) is 1. The molecule has 0 amide bonds. The predicted molar refractivity (Wildman–Crippen MR) is 70.6 cm³/mol. The fraction of sp³-hybridized carbons (Fsp3) is 0.462. The molecule has 4 heteroatoms. The van der Waals surface area contributed by atoms with E-state index in [4.69, 9.17) is 5.11 Å². The summed E-state index contributed by atoms with van der Waals surface area (Å²) in [6.07, 6.45) is 1.23. The zero-order valence-corrected chi connectivity index (χ0v) is 10.6. The van der Waals surface area contributed by atoms with Gasteiger partial charge in [0.1, 0.15) is 0 Å². The summed E-state index contributed by atoms with van der Waals surface area (Å²) < 4.78 is 0. The number of carboxylic acids is 1. The van der Waals surface area contributed by atoms with Gasteiger partial charge in [-0.25, -0.2) is 4.79 Å². The minimum atomic E-state index is -0.849. The summed E-state index contributed by atoms with van der Waals surface area (Å²) in [7, 11) is 0. The third-order valence-corrected chi connectivity index (χ3v) is 3.94. The molecular formula is C13H17NO2S. The number of benzene rings is 1. The summed E-state index contributed by atoms with van der Waals surface area (Å²) in [6.45, 7) is 3.08. The topological polar surface area (TPSA) is 40.5 Å². The smallest absolute Gasteiger partial charge is 0.335 e. The second kappa shape index (κ2) is 6.07. The fourth-order valence-corrected chi connectivity index (χ4v) is 2.94. The Bertz CT molecular complexity index is 387. The lowest BCUT2D eigenvalue weighted by Gasteiger charge is -2.19. The lowest BCUT2D eigenvalue weighted by molar-refractivity contribution is 0.0696. The van der Waals surface area contributed by atoms with Crippen molar-refractivity contribution in [2.75, 3.05) is 24.6 Å². The largest absolute Gasteiger partial charge is 0.478 e. The van der Waals surface area contributed by atoms with Gasteiger partial charge in [-0.2, -0.15) is 11.8 Å². The average Bonchev–Trinajstić information content (AvgIpc) is 2.58. The molecule has 1 heterocycles. The number of carboxylic acid groups (broad SMARTS) is 1. The first-order chi connectivity index (χ1) is 8.25. The van der Waals surface area contributed by atoms with Crippen molar-refractivity contribution in [2.45, 2.75) is 13.0 Å². The Labute approximate surface area is 106 Å². The van der Waals surface area contributed by atoms with Gasteiger partial charge in [0.2, 0.25) is 0 Å². The molecule has 0 saturated carbocycles. The summed E-state index contributed by atoms with van der Waals surface area (Å²) in [5, 5.41) is 8.94. The third kappa shape index (κ3) is 3.75. The number of hydrogen-bond acceptors (Lipinski definition) is 3. The molecule has 1 aliphatic rings. The van der Waals surface area contributed by atoms with Crippen molar-refractivity contribution in [1.29, 1.82) is 0 Å². The van der Waals surface area contributed by atoms with Gasteiger partial charge in [-0.3, -0.25) is 4.90 Å². The van der Waals surface area contributed by atoms with Crippen LogP contribution in [0.4, 0.5) is 0 Å². The second-order valence-corrected chi connectivity index (χ2v) is 5.47. The van der Waals surface area contributed by atoms with Gasteiger partial charge >= 0.3 is 5.97 Å². The van der Waals surface area contributed by atoms with Crippen molar-refractivity contribution in [3.05, 3.63) is 35.4 Å². The number of thioether (sulfide) groups is 1. The molecule has 0 aliphatic carbocycles. The van der Waals surface area contributed by atoms with Crippen LogP contribution >= 0.6 is 11.8 Å². The first-order valence-electron chi connectivity index (χ1n) is 5.88. The van der Waals surface area contributed by atoms with E-state index in [-0.39, 0.29) is 0 Å². The molecule has 0 unspecified atom stereocenters. The highest BCUT2D eigenvalue weighted by Gasteiger charge is 2.10. The molecule has 92 valence electrons. The summed E-state index contributed by atoms with van der Waals surface area (Å²) >= 11 is 2.00. The molecule has 0 aromatic heterocycles. The van der Waals surface area contributed by atoms with E-state index in [1.807, 2.05) is 23.9 Å². The molecule has 0 bridgehead atoms. The Balaban J connectivity index is 2.01. The van der Waals surface area contributed by atoms with Crippen molar-refractivity contribution in [3.63, 3.8) is 0 Å². The molecule has 0 spiro atoms. The van der Waals surface area contributed by atoms with Crippen LogP contribution in [0.1, 0.15) is 22.3 Å². The van der Waals surface area contributed by atoms with Gasteiger partial charge in [-0.05, 0) is 36.4 Å². The number of aromatic carboxylic acids is 1. The fourth-order valence-electron chi connectivity index (χ4n) is 2.02. The molecule has 1 fully saturated rings. The van der Waals surface area contributed by atoms with E-state index in [1.54, 1.807) is 12.1 Å². The summed E-state index contributed by atoms with van der Waals surface area (Å²) in [5.74, 6) is 1.57. The Morgan fingerprint density at radius 2 is 2.24 bits per heavy atom. The first kappa shape index (κ1) is 12.5. The highest BCUT2D eigenvalue weighted by Crippen LogP contribution is 2.14. The van der Waals surface area contributed by atoms with E-state index in [0.717, 1.165) is 25.2 Å². The van der Waals surface area contributed by atoms with Crippen LogP contribution in [0.2, 0.25) is 0 Å². The maximum atomic E-state index is 10.9. The van der Waals surface area contributed by atoms with Crippen LogP contribution in [0.5, 0.6) is 0 Å². The predicted octanol–water partition coefficient (Wildman–Crippen LogP) is 2.32. The Hall–Kier alpha value is -1.00. The summed E-state index contributed by atoms with van der Waals surface area (Å²) in [5.41, 5.74) is 1.48. The standard InChI is InChI=1S/C13H17NO2S/c15-13(16)12-4-1-3-11(9-12)10-14-5-2-7-17-8-6-14/h1,3-4,9H,2,5-8,10H2,(H,15,16). The molecule has 17 heavy (non-hydrogen) atoms. The Kier molecular flexibility index (Phi) is 4.45. The molecular weight excluding hydrogens is 234 g/mol. The van der Waals surface area contributed by atoms with Gasteiger partial charge in [0.15, 0.2) is 0 Å². The summed E-state index contributed by atoms with van der Waals surface area (Å²) in [4.78, 5) is 13.3. The van der Waals surface area contributed by atoms with E-state index in [0.29, 0.717) is 5.56 Å². The maximum Gasteiger partial charge on any atom is 0.335 e. The molecule has 3 nitrogen and oxygen atoms in total. The third-order valence-electron chi connectivity index (χ3n) is 2.89. The van der Waals surface area contributed by atoms with Crippen molar-refractivity contribution >= 4 is 17.7 Å². The Morgan fingerprint density at radius 3 is 3.06 bits per heavy atom. The lowest BCUT2D eigenvalue weighted by atomic mass is 10.1. The van der Waals surface area contributed by atoms with Gasteiger partial charge in [0.25, 0.3) is 0 Å². The summed E-state index contributed by atoms with van der Waals surface area (Å²) in [6, 6.07) is 7.25. The van der Waals surface area contributed by atoms with Crippen LogP contribution in [0.25, 0.3) is 0 Å². The van der Waals surface area contributed by atoms with E-state index in [9.17, 15) is 4.79 Å². The van der Waals surface area contributed by atoms with Crippen LogP contribution in [0, 0.1) is 0 Å². The van der Waals surface area contributed by atoms with Crippen LogP contribution < -0.4 is 0 Å². The highest BCUT2D eigenvalue weighted by molar-refractivity contribution is 7.99. The van der Waals surface area contributed by atoms with Crippen molar-refractivity contribution < 1.29 is 9.90 Å². The van der Waals surface area contributed by atoms with Gasteiger partial charge in [0, 0.05) is 18.8 Å². The van der Waals surface area contributed by atoms with Crippen molar-refractivity contribution in [2.24, 2.45) is 0 Å². The molecule has 1 aromatic carbocycles. The molecule has 1 aliphatic heterocycles. The number of hydrogen-bond donors (Lipinski definition) is 1. The Morgan fingerprint density at radius 1 is 1.35 bits per heavy atom. The minimum absolute atomic E-state index is 0.381. The van der Waals surface area contributed by atoms with E-state index in [1.165, 1.54) is 17.9 Å². The van der Waals surface area contributed by atoms with E-state index < -0.39 is 5.97 Å². The molecule has 0 atom stereocenters. The molecule has 0 radical (unpaired) electrons. The van der Waals surface area contributed by atoms with Crippen LogP contribution in [0.3, 0.4) is 0 Å². The van der Waals surface area contributed by atoms with Crippen LogP contribution in [0.15, 0.2) is 24.3 Å². The molecule has 1 N–H and O–H groups in total. The normalized spacial score (nSPS) is 17.6. The van der Waals surface area contributed by atoms with Crippen LogP contribution in [-0.4, -0.2) is 40.6 Å². The highest BCUT2D eigenvalue weighted by atomic mass is 32.2. The van der Waals surface area contributed by atoms with E-state index >= 15 is 0 Å². The molecule has 2 rings (SSSR count). The number of carbonyl (C=O) groups is 1. The lowest BCUT2D eigenvalue weighted by Crippen LogP contribution is -2.25. The van der Waals surface area contributed by atoms with E-state index in [2.05, 4.69) is 4.90 Å². The van der Waals surface area contributed by atoms with Gasteiger partial charge in [-0.15, -0.1) is 0 Å². The number of rotatable bonds is 3. The molecule has 1 aromatic rings. The minimum Gasteiger partial charge on any atom is -0.478 e. The van der Waals surface area contributed by atoms with Gasteiger partial charge < -0.3 is 5.11 Å². The zero-order valence-electron chi connectivity index (χ0n) is 9.76. The first-order valence-corrected chi connectivity index (χ1v) is 7.03. The van der Waals surface area contributed by atoms with Crippen molar-refractivity contribution in [1.82, 2.24) is 4.90 Å². The van der Waals surface area contributed by atoms with Gasteiger partial charge in [-0.1, -0.05) is 12.1 Å². The molecule has 1 saturated heterocycles. The zero-order chi connectivity index (χ0) is 12.1. The van der Waals surface area contributed by atoms with Crippen molar-refractivity contribution in [3.8, 4) is 0 Å². The SMILES string of the molecule is O=C(O)c1cccc(CN2CCCSCC2)c1. The maximum absolute atomic E-state index is 10.9. The average molecular weight is 251 g/mol.